The molecule has 2 aromatic carbocycles. The molecule has 0 bridgehead atoms. The van der Waals surface area contributed by atoms with Gasteiger partial charge in [0.25, 0.3) is 0 Å². The van der Waals surface area contributed by atoms with Crippen molar-refractivity contribution in [1.82, 2.24) is 4.31 Å². The van der Waals surface area contributed by atoms with Crippen LogP contribution in [0.3, 0.4) is 0 Å². The van der Waals surface area contributed by atoms with Gasteiger partial charge in [-0.2, -0.15) is 4.31 Å². The highest BCUT2D eigenvalue weighted by atomic mass is 32.2. The number of sulfonamides is 1. The van der Waals surface area contributed by atoms with Gasteiger partial charge in [0.1, 0.15) is 0 Å². The lowest BCUT2D eigenvalue weighted by Gasteiger charge is -2.21. The maximum absolute atomic E-state index is 13.0. The highest BCUT2D eigenvalue weighted by molar-refractivity contribution is 7.89. The molecule has 7 nitrogen and oxygen atoms in total. The Hall–Kier alpha value is -2.58. The number of hydrogen-bond acceptors (Lipinski definition) is 6. The van der Waals surface area contributed by atoms with E-state index in [9.17, 15) is 13.2 Å². The molecule has 0 amide bonds. The average molecular weight is 393 g/mol. The second kappa shape index (κ2) is 8.88. The van der Waals surface area contributed by atoms with Crippen LogP contribution in [0.1, 0.15) is 22.8 Å². The molecule has 0 aromatic heterocycles. The molecule has 0 radical (unpaired) electrons. The minimum absolute atomic E-state index is 0.0349. The van der Waals surface area contributed by atoms with E-state index in [1.54, 1.807) is 25.1 Å². The van der Waals surface area contributed by atoms with Crippen LogP contribution in [0, 0.1) is 0 Å². The molecule has 0 aliphatic heterocycles. The van der Waals surface area contributed by atoms with Crippen molar-refractivity contribution in [3.63, 3.8) is 0 Å². The van der Waals surface area contributed by atoms with E-state index in [1.165, 1.54) is 49.9 Å². The molecule has 8 heteroatoms. The fraction of sp³-hybridized carbons (Fsp3) is 0.316. The first kappa shape index (κ1) is 20.7. The first-order chi connectivity index (χ1) is 12.9. The molecule has 0 heterocycles. The van der Waals surface area contributed by atoms with Crippen molar-refractivity contribution < 1.29 is 27.4 Å². The van der Waals surface area contributed by atoms with E-state index in [1.807, 2.05) is 0 Å². The predicted molar refractivity (Wildman–Crippen MR) is 101 cm³/mol. The minimum Gasteiger partial charge on any atom is -0.493 e. The molecular weight excluding hydrogens is 370 g/mol. The van der Waals surface area contributed by atoms with Gasteiger partial charge in [0, 0.05) is 13.1 Å². The van der Waals surface area contributed by atoms with Crippen molar-refractivity contribution in [2.24, 2.45) is 0 Å². The third-order valence-electron chi connectivity index (χ3n) is 4.05. The van der Waals surface area contributed by atoms with Gasteiger partial charge in [-0.25, -0.2) is 13.2 Å². The SMILES string of the molecule is CCN(Cc1ccc(OC)c(OC)c1)S(=O)(=O)c1cccc(C(=O)OC)c1. The van der Waals surface area contributed by atoms with Crippen LogP contribution in [-0.4, -0.2) is 46.6 Å². The topological polar surface area (TPSA) is 82.1 Å². The summed E-state index contributed by atoms with van der Waals surface area (Å²) in [6.45, 7) is 2.17. The summed E-state index contributed by atoms with van der Waals surface area (Å²) >= 11 is 0. The lowest BCUT2D eigenvalue weighted by molar-refractivity contribution is 0.0600. The van der Waals surface area contributed by atoms with Crippen molar-refractivity contribution in [3.05, 3.63) is 53.6 Å². The van der Waals surface area contributed by atoms with Crippen molar-refractivity contribution >= 4 is 16.0 Å². The molecule has 0 aliphatic rings. The summed E-state index contributed by atoms with van der Waals surface area (Å²) < 4.78 is 42.5. The zero-order valence-electron chi connectivity index (χ0n) is 15.8. The summed E-state index contributed by atoms with van der Waals surface area (Å²) in [5, 5.41) is 0. The summed E-state index contributed by atoms with van der Waals surface area (Å²) in [6.07, 6.45) is 0. The third-order valence-corrected chi connectivity index (χ3v) is 5.97. The second-order valence-electron chi connectivity index (χ2n) is 5.64. The van der Waals surface area contributed by atoms with Gasteiger partial charge < -0.3 is 14.2 Å². The highest BCUT2D eigenvalue weighted by Crippen LogP contribution is 2.29. The maximum atomic E-state index is 13.0. The quantitative estimate of drug-likeness (QED) is 0.642. The van der Waals surface area contributed by atoms with Crippen molar-refractivity contribution in [2.75, 3.05) is 27.9 Å². The zero-order valence-corrected chi connectivity index (χ0v) is 16.6. The van der Waals surface area contributed by atoms with Crippen LogP contribution in [0.5, 0.6) is 11.5 Å². The Labute approximate surface area is 159 Å². The number of benzene rings is 2. The Morgan fingerprint density at radius 3 is 2.30 bits per heavy atom. The van der Waals surface area contributed by atoms with E-state index in [4.69, 9.17) is 9.47 Å². The van der Waals surface area contributed by atoms with Gasteiger partial charge >= 0.3 is 5.97 Å². The van der Waals surface area contributed by atoms with Crippen LogP contribution >= 0.6 is 0 Å². The minimum atomic E-state index is -3.80. The van der Waals surface area contributed by atoms with Crippen LogP contribution in [0.15, 0.2) is 47.4 Å². The lowest BCUT2D eigenvalue weighted by atomic mass is 10.2. The van der Waals surface area contributed by atoms with Gasteiger partial charge in [-0.05, 0) is 35.9 Å². The molecule has 0 spiro atoms. The van der Waals surface area contributed by atoms with Gasteiger partial charge in [0.2, 0.25) is 10.0 Å². The van der Waals surface area contributed by atoms with Crippen LogP contribution in [0.4, 0.5) is 0 Å². The van der Waals surface area contributed by atoms with E-state index in [0.29, 0.717) is 11.5 Å². The molecule has 2 aromatic rings. The zero-order chi connectivity index (χ0) is 20.0. The number of rotatable bonds is 8. The van der Waals surface area contributed by atoms with Crippen molar-refractivity contribution in [1.29, 1.82) is 0 Å². The molecular formula is C19H23NO6S. The number of nitrogens with zero attached hydrogens (tertiary/aromatic N) is 1. The number of hydrogen-bond donors (Lipinski definition) is 0. The Balaban J connectivity index is 2.35. The molecule has 27 heavy (non-hydrogen) atoms. The molecule has 0 saturated carbocycles. The van der Waals surface area contributed by atoms with Crippen molar-refractivity contribution in [3.8, 4) is 11.5 Å². The van der Waals surface area contributed by atoms with Crippen molar-refractivity contribution in [2.45, 2.75) is 18.4 Å². The van der Waals surface area contributed by atoms with Gasteiger partial charge in [0.15, 0.2) is 11.5 Å². The summed E-state index contributed by atoms with van der Waals surface area (Å²) in [4.78, 5) is 11.7. The average Bonchev–Trinajstić information content (AvgIpc) is 2.70. The molecule has 0 aliphatic carbocycles. The van der Waals surface area contributed by atoms with Crippen LogP contribution in [0.25, 0.3) is 0 Å². The third kappa shape index (κ3) is 4.58. The molecule has 0 atom stereocenters. The Morgan fingerprint density at radius 1 is 1.00 bits per heavy atom. The largest absolute Gasteiger partial charge is 0.493 e. The van der Waals surface area contributed by atoms with Crippen LogP contribution < -0.4 is 9.47 Å². The number of methoxy groups -OCH3 is 3. The fourth-order valence-electron chi connectivity index (χ4n) is 2.60. The van der Waals surface area contributed by atoms with E-state index < -0.39 is 16.0 Å². The standard InChI is InChI=1S/C19H23NO6S/c1-5-20(13-14-9-10-17(24-2)18(11-14)25-3)27(22,23)16-8-6-7-15(12-16)19(21)26-4/h6-12H,5,13H2,1-4H3. The van der Waals surface area contributed by atoms with Gasteiger partial charge in [-0.15, -0.1) is 0 Å². The molecule has 0 saturated heterocycles. The Kier molecular flexibility index (Phi) is 6.81. The first-order valence-electron chi connectivity index (χ1n) is 8.26. The smallest absolute Gasteiger partial charge is 0.337 e. The fourth-order valence-corrected chi connectivity index (χ4v) is 4.08. The van der Waals surface area contributed by atoms with Gasteiger partial charge in [-0.1, -0.05) is 19.1 Å². The Morgan fingerprint density at radius 2 is 1.70 bits per heavy atom. The van der Waals surface area contributed by atoms with E-state index in [0.717, 1.165) is 5.56 Å². The number of carbonyl (C=O) groups excluding carboxylic acids is 1. The molecule has 0 N–H and O–H groups in total. The summed E-state index contributed by atoms with van der Waals surface area (Å²) in [7, 11) is 0.512. The van der Waals surface area contributed by atoms with Crippen LogP contribution in [-0.2, 0) is 21.3 Å². The molecule has 2 rings (SSSR count). The highest BCUT2D eigenvalue weighted by Gasteiger charge is 2.24. The number of carbonyl (C=O) groups is 1. The Bertz CT molecular complexity index is 910. The molecule has 0 unspecified atom stereocenters. The van der Waals surface area contributed by atoms with Gasteiger partial charge in [-0.3, -0.25) is 0 Å². The summed E-state index contributed by atoms with van der Waals surface area (Å²) in [6, 6.07) is 11.1. The number of ether oxygens (including phenoxy) is 3. The summed E-state index contributed by atoms with van der Waals surface area (Å²) in [5.74, 6) is 0.504. The predicted octanol–water partition coefficient (Wildman–Crippen LogP) is 2.70. The van der Waals surface area contributed by atoms with Crippen LogP contribution in [0.2, 0.25) is 0 Å². The summed E-state index contributed by atoms with van der Waals surface area (Å²) in [5.41, 5.74) is 0.933. The number of esters is 1. The monoisotopic (exact) mass is 393 g/mol. The van der Waals surface area contributed by atoms with Gasteiger partial charge in [0.05, 0.1) is 31.8 Å². The second-order valence-corrected chi connectivity index (χ2v) is 7.58. The first-order valence-corrected chi connectivity index (χ1v) is 9.70. The van der Waals surface area contributed by atoms with E-state index in [2.05, 4.69) is 4.74 Å². The lowest BCUT2D eigenvalue weighted by Crippen LogP contribution is -2.30. The van der Waals surface area contributed by atoms with E-state index >= 15 is 0 Å². The normalized spacial score (nSPS) is 11.3. The molecule has 146 valence electrons. The maximum Gasteiger partial charge on any atom is 0.337 e. The molecule has 0 fully saturated rings. The van der Waals surface area contributed by atoms with E-state index in [-0.39, 0.29) is 23.5 Å².